The number of hydrogen-bond donors (Lipinski definition) is 1. The molecule has 0 saturated carbocycles. The van der Waals surface area contributed by atoms with Gasteiger partial charge < -0.3 is 10.1 Å². The SMILES string of the molecule is COC(=O)C(C(=O)Nc1ccccc1)[N+](=O)[O-]. The second kappa shape index (κ2) is 5.59. The van der Waals surface area contributed by atoms with E-state index in [-0.39, 0.29) is 0 Å². The first-order valence-corrected chi connectivity index (χ1v) is 4.63. The lowest BCUT2D eigenvalue weighted by Gasteiger charge is -2.08. The Hall–Kier alpha value is -2.44. The van der Waals surface area contributed by atoms with Gasteiger partial charge in [-0.15, -0.1) is 0 Å². The van der Waals surface area contributed by atoms with E-state index in [2.05, 4.69) is 10.1 Å². The van der Waals surface area contributed by atoms with E-state index in [1.54, 1.807) is 30.3 Å². The Bertz CT molecular complexity index is 432. The van der Waals surface area contributed by atoms with Crippen LogP contribution in [0.4, 0.5) is 5.69 Å². The van der Waals surface area contributed by atoms with Crippen LogP contribution >= 0.6 is 0 Å². The van der Waals surface area contributed by atoms with Gasteiger partial charge in [-0.25, -0.2) is 4.79 Å². The molecule has 1 aromatic rings. The number of hydrogen-bond acceptors (Lipinski definition) is 5. The van der Waals surface area contributed by atoms with Gasteiger partial charge in [-0.3, -0.25) is 14.9 Å². The van der Waals surface area contributed by atoms with Gasteiger partial charge in [0, 0.05) is 10.6 Å². The molecule has 1 N–H and O–H groups in total. The van der Waals surface area contributed by atoms with Crippen molar-refractivity contribution in [1.29, 1.82) is 0 Å². The van der Waals surface area contributed by atoms with Crippen LogP contribution in [0.25, 0.3) is 0 Å². The first-order valence-electron chi connectivity index (χ1n) is 4.63. The zero-order valence-electron chi connectivity index (χ0n) is 8.95. The van der Waals surface area contributed by atoms with Crippen molar-refractivity contribution in [2.24, 2.45) is 0 Å². The van der Waals surface area contributed by atoms with E-state index in [1.807, 2.05) is 0 Å². The Morgan fingerprint density at radius 2 is 1.94 bits per heavy atom. The van der Waals surface area contributed by atoms with Crippen molar-refractivity contribution in [3.63, 3.8) is 0 Å². The summed E-state index contributed by atoms with van der Waals surface area (Å²) in [4.78, 5) is 32.1. The third-order valence-electron chi connectivity index (χ3n) is 1.92. The average molecular weight is 238 g/mol. The number of esters is 1. The highest BCUT2D eigenvalue weighted by atomic mass is 16.6. The van der Waals surface area contributed by atoms with Crippen molar-refractivity contribution in [1.82, 2.24) is 0 Å². The molecule has 1 unspecified atom stereocenters. The maximum atomic E-state index is 11.5. The molecule has 17 heavy (non-hydrogen) atoms. The number of rotatable bonds is 4. The third-order valence-corrected chi connectivity index (χ3v) is 1.92. The zero-order valence-corrected chi connectivity index (χ0v) is 8.95. The number of anilines is 1. The van der Waals surface area contributed by atoms with Crippen LogP contribution in [-0.2, 0) is 14.3 Å². The monoisotopic (exact) mass is 238 g/mol. The molecular weight excluding hydrogens is 228 g/mol. The summed E-state index contributed by atoms with van der Waals surface area (Å²) < 4.78 is 4.19. The normalized spacial score (nSPS) is 11.4. The van der Waals surface area contributed by atoms with Crippen molar-refractivity contribution < 1.29 is 19.2 Å². The van der Waals surface area contributed by atoms with Crippen LogP contribution < -0.4 is 5.32 Å². The average Bonchev–Trinajstić information content (AvgIpc) is 2.29. The van der Waals surface area contributed by atoms with Gasteiger partial charge in [-0.1, -0.05) is 18.2 Å². The fourth-order valence-electron chi connectivity index (χ4n) is 1.13. The van der Waals surface area contributed by atoms with Gasteiger partial charge in [0.2, 0.25) is 0 Å². The lowest BCUT2D eigenvalue weighted by molar-refractivity contribution is -0.495. The van der Waals surface area contributed by atoms with Crippen LogP contribution in [0.2, 0.25) is 0 Å². The number of nitrogens with one attached hydrogen (secondary N) is 1. The van der Waals surface area contributed by atoms with Crippen LogP contribution in [0.15, 0.2) is 30.3 Å². The molecule has 0 aromatic heterocycles. The number of benzene rings is 1. The van der Waals surface area contributed by atoms with Gasteiger partial charge in [-0.05, 0) is 12.1 Å². The highest BCUT2D eigenvalue weighted by molar-refractivity contribution is 6.07. The third kappa shape index (κ3) is 3.26. The smallest absolute Gasteiger partial charge is 0.391 e. The van der Waals surface area contributed by atoms with Crippen molar-refractivity contribution in [3.8, 4) is 0 Å². The number of nitrogens with zero attached hydrogens (tertiary/aromatic N) is 1. The molecule has 0 aliphatic rings. The Labute approximate surface area is 96.5 Å². The van der Waals surface area contributed by atoms with Gasteiger partial charge in [0.05, 0.1) is 7.11 Å². The lowest BCUT2D eigenvalue weighted by Crippen LogP contribution is -2.42. The van der Waals surface area contributed by atoms with Crippen molar-refractivity contribution in [2.75, 3.05) is 12.4 Å². The van der Waals surface area contributed by atoms with E-state index in [0.29, 0.717) is 5.69 Å². The zero-order chi connectivity index (χ0) is 12.8. The molecule has 7 nitrogen and oxygen atoms in total. The summed E-state index contributed by atoms with van der Waals surface area (Å²) >= 11 is 0. The first kappa shape index (κ1) is 12.6. The topological polar surface area (TPSA) is 98.5 Å². The molecular formula is C10H10N2O5. The molecule has 0 saturated heterocycles. The Kier molecular flexibility index (Phi) is 4.15. The number of ether oxygens (including phenoxy) is 1. The summed E-state index contributed by atoms with van der Waals surface area (Å²) in [6, 6.07) is 6.06. The van der Waals surface area contributed by atoms with Gasteiger partial charge in [0.1, 0.15) is 0 Å². The maximum Gasteiger partial charge on any atom is 0.391 e. The van der Waals surface area contributed by atoms with E-state index in [9.17, 15) is 19.7 Å². The van der Waals surface area contributed by atoms with Gasteiger partial charge in [0.15, 0.2) is 0 Å². The van der Waals surface area contributed by atoms with Gasteiger partial charge in [0.25, 0.3) is 0 Å². The summed E-state index contributed by atoms with van der Waals surface area (Å²) in [6.07, 6.45) is 0. The standard InChI is InChI=1S/C10H10N2O5/c1-17-10(14)8(12(15)16)9(13)11-7-5-3-2-4-6-7/h2-6,8H,1H3,(H,11,13). The summed E-state index contributed by atoms with van der Waals surface area (Å²) in [5, 5.41) is 12.8. The molecule has 1 aromatic carbocycles. The minimum Gasteiger partial charge on any atom is -0.464 e. The number of methoxy groups -OCH3 is 1. The maximum absolute atomic E-state index is 11.5. The number of carbonyl (C=O) groups excluding carboxylic acids is 2. The Morgan fingerprint density at radius 3 is 2.41 bits per heavy atom. The Balaban J connectivity index is 2.80. The highest BCUT2D eigenvalue weighted by Gasteiger charge is 2.39. The van der Waals surface area contributed by atoms with Crippen molar-refractivity contribution in [3.05, 3.63) is 40.4 Å². The second-order valence-corrected chi connectivity index (χ2v) is 3.07. The minimum absolute atomic E-state index is 0.369. The predicted octanol–water partition coefficient (Wildman–Crippen LogP) is 0.443. The first-order chi connectivity index (χ1) is 8.06. The summed E-state index contributed by atoms with van der Waals surface area (Å²) in [6.45, 7) is 0. The second-order valence-electron chi connectivity index (χ2n) is 3.07. The largest absolute Gasteiger partial charge is 0.464 e. The molecule has 0 heterocycles. The molecule has 0 aliphatic carbocycles. The summed E-state index contributed by atoms with van der Waals surface area (Å²) in [5.74, 6) is -2.24. The van der Waals surface area contributed by atoms with E-state index < -0.39 is 22.8 Å². The van der Waals surface area contributed by atoms with E-state index in [4.69, 9.17) is 0 Å². The molecule has 0 spiro atoms. The van der Waals surface area contributed by atoms with Crippen LogP contribution in [0, 0.1) is 10.1 Å². The Morgan fingerprint density at radius 1 is 1.35 bits per heavy atom. The molecule has 7 heteroatoms. The number of carbonyl (C=O) groups is 2. The molecule has 1 amide bonds. The molecule has 1 rings (SSSR count). The highest BCUT2D eigenvalue weighted by Crippen LogP contribution is 2.07. The van der Waals surface area contributed by atoms with Crippen LogP contribution in [-0.4, -0.2) is 30.0 Å². The van der Waals surface area contributed by atoms with Crippen LogP contribution in [0.1, 0.15) is 0 Å². The molecule has 0 fully saturated rings. The molecule has 0 radical (unpaired) electrons. The molecule has 1 atom stereocenters. The van der Waals surface area contributed by atoms with E-state index in [1.165, 1.54) is 0 Å². The number of amides is 1. The molecule has 90 valence electrons. The fraction of sp³-hybridized carbons (Fsp3) is 0.200. The summed E-state index contributed by atoms with van der Waals surface area (Å²) in [5.41, 5.74) is 0.369. The van der Waals surface area contributed by atoms with Crippen LogP contribution in [0.5, 0.6) is 0 Å². The molecule has 0 aliphatic heterocycles. The van der Waals surface area contributed by atoms with E-state index >= 15 is 0 Å². The van der Waals surface area contributed by atoms with Gasteiger partial charge >= 0.3 is 17.9 Å². The predicted molar refractivity (Wildman–Crippen MR) is 57.9 cm³/mol. The number of para-hydroxylation sites is 1. The molecule has 0 bridgehead atoms. The van der Waals surface area contributed by atoms with Crippen molar-refractivity contribution in [2.45, 2.75) is 6.04 Å². The quantitative estimate of drug-likeness (QED) is 0.355. The van der Waals surface area contributed by atoms with E-state index in [0.717, 1.165) is 7.11 Å². The van der Waals surface area contributed by atoms with Crippen molar-refractivity contribution >= 4 is 17.6 Å². The number of nitro groups is 1. The lowest BCUT2D eigenvalue weighted by atomic mass is 10.2. The van der Waals surface area contributed by atoms with Crippen LogP contribution in [0.3, 0.4) is 0 Å². The fourth-order valence-corrected chi connectivity index (χ4v) is 1.13. The summed E-state index contributed by atoms with van der Waals surface area (Å²) in [7, 11) is 0.981. The van der Waals surface area contributed by atoms with Gasteiger partial charge in [-0.2, -0.15) is 0 Å². The minimum atomic E-state index is -2.06.